The van der Waals surface area contributed by atoms with Gasteiger partial charge in [-0.3, -0.25) is 4.79 Å². The Hall–Kier alpha value is -0.630. The number of allylic oxidation sites excluding steroid dienone is 1. The highest BCUT2D eigenvalue weighted by atomic mass is 16.5. The Bertz CT molecular complexity index is 278. The van der Waals surface area contributed by atoms with Gasteiger partial charge in [-0.25, -0.2) is 0 Å². The molecule has 0 aromatic rings. The van der Waals surface area contributed by atoms with Gasteiger partial charge in [0.25, 0.3) is 0 Å². The average Bonchev–Trinajstić information content (AvgIpc) is 2.15. The summed E-state index contributed by atoms with van der Waals surface area (Å²) in [6.07, 6.45) is 6.03. The third kappa shape index (κ3) is 0.953. The van der Waals surface area contributed by atoms with Crippen LogP contribution in [0.2, 0.25) is 0 Å². The van der Waals surface area contributed by atoms with Crippen LogP contribution in [0.25, 0.3) is 0 Å². The fourth-order valence-electron chi connectivity index (χ4n) is 2.59. The Morgan fingerprint density at radius 2 is 2.23 bits per heavy atom. The van der Waals surface area contributed by atoms with E-state index in [1.54, 1.807) is 7.11 Å². The number of methoxy groups -OCH3 is 1. The molecule has 0 aromatic heterocycles. The summed E-state index contributed by atoms with van der Waals surface area (Å²) in [6.45, 7) is 4.05. The monoisotopic (exact) mass is 180 g/mol. The van der Waals surface area contributed by atoms with Gasteiger partial charge < -0.3 is 4.74 Å². The number of rotatable bonds is 1. The lowest BCUT2D eigenvalue weighted by Crippen LogP contribution is -2.56. The topological polar surface area (TPSA) is 26.3 Å². The predicted octanol–water partition coefficient (Wildman–Crippen LogP) is 1.95. The summed E-state index contributed by atoms with van der Waals surface area (Å²) in [6, 6.07) is 0. The fraction of sp³-hybridized carbons (Fsp3) is 0.727. The Morgan fingerprint density at radius 1 is 1.54 bits per heavy atom. The molecule has 2 nitrogen and oxygen atoms in total. The van der Waals surface area contributed by atoms with Gasteiger partial charge in [-0.2, -0.15) is 0 Å². The Labute approximate surface area is 79.0 Å². The second-order valence-corrected chi connectivity index (χ2v) is 4.65. The second kappa shape index (κ2) is 2.44. The second-order valence-electron chi connectivity index (χ2n) is 4.65. The van der Waals surface area contributed by atoms with Crippen LogP contribution in [-0.4, -0.2) is 18.5 Å². The zero-order chi connectivity index (χ0) is 9.69. The molecule has 2 bridgehead atoms. The maximum atomic E-state index is 12.1. The first-order valence-corrected chi connectivity index (χ1v) is 4.82. The summed E-state index contributed by atoms with van der Waals surface area (Å²) in [5.41, 5.74) is -0.832. The minimum atomic E-state index is -0.599. The van der Waals surface area contributed by atoms with E-state index >= 15 is 0 Å². The van der Waals surface area contributed by atoms with Gasteiger partial charge in [-0.15, -0.1) is 0 Å². The fourth-order valence-corrected chi connectivity index (χ4v) is 2.59. The number of carbonyl (C=O) groups excluding carboxylic acids is 1. The molecule has 0 unspecified atom stereocenters. The van der Waals surface area contributed by atoms with Crippen molar-refractivity contribution in [3.05, 3.63) is 12.2 Å². The summed E-state index contributed by atoms with van der Waals surface area (Å²) in [5, 5.41) is 0. The highest BCUT2D eigenvalue weighted by molar-refractivity contribution is 5.96. The molecule has 2 heteroatoms. The summed E-state index contributed by atoms with van der Waals surface area (Å²) < 4.78 is 5.38. The molecule has 1 saturated carbocycles. The third-order valence-corrected chi connectivity index (χ3v) is 3.69. The Balaban J connectivity index is 2.48. The molecule has 3 rings (SSSR count). The van der Waals surface area contributed by atoms with Crippen molar-refractivity contribution < 1.29 is 9.53 Å². The number of ether oxygens (including phenoxy) is 1. The molecule has 0 radical (unpaired) electrons. The third-order valence-electron chi connectivity index (χ3n) is 3.69. The quantitative estimate of drug-likeness (QED) is 0.576. The summed E-state index contributed by atoms with van der Waals surface area (Å²) >= 11 is 0. The molecule has 0 aliphatic heterocycles. The molecule has 0 spiro atoms. The van der Waals surface area contributed by atoms with E-state index in [-0.39, 0.29) is 11.2 Å². The molecule has 0 heterocycles. The first kappa shape index (κ1) is 8.95. The van der Waals surface area contributed by atoms with Crippen LogP contribution < -0.4 is 0 Å². The van der Waals surface area contributed by atoms with Gasteiger partial charge in [0.2, 0.25) is 0 Å². The summed E-state index contributed by atoms with van der Waals surface area (Å²) in [7, 11) is 1.63. The van der Waals surface area contributed by atoms with E-state index in [0.717, 1.165) is 12.8 Å². The van der Waals surface area contributed by atoms with E-state index in [9.17, 15) is 4.79 Å². The molecule has 2 atom stereocenters. The standard InChI is InChI=1S/C11H16O2/c1-10(2)8-4-6-11(13-3,7-5-8)9(10)12/h4,6,8H,5,7H2,1-3H3/t8-,11-/m0/s1. The van der Waals surface area contributed by atoms with E-state index in [2.05, 4.69) is 6.08 Å². The zero-order valence-corrected chi connectivity index (χ0v) is 8.46. The zero-order valence-electron chi connectivity index (χ0n) is 8.46. The number of hydrogen-bond donors (Lipinski definition) is 0. The van der Waals surface area contributed by atoms with Gasteiger partial charge in [0.15, 0.2) is 5.78 Å². The first-order valence-electron chi connectivity index (χ1n) is 4.82. The SMILES string of the molecule is CO[C@@]12C=C[C@@H](CC1)C(C)(C)C2=O. The highest BCUT2D eigenvalue weighted by Crippen LogP contribution is 2.48. The normalized spacial score (nSPS) is 41.2. The van der Waals surface area contributed by atoms with Crippen LogP contribution in [-0.2, 0) is 9.53 Å². The summed E-state index contributed by atoms with van der Waals surface area (Å²) in [4.78, 5) is 12.1. The van der Waals surface area contributed by atoms with Crippen LogP contribution in [0.3, 0.4) is 0 Å². The van der Waals surface area contributed by atoms with E-state index in [4.69, 9.17) is 4.74 Å². The molecule has 13 heavy (non-hydrogen) atoms. The van der Waals surface area contributed by atoms with Crippen LogP contribution in [0.1, 0.15) is 26.7 Å². The van der Waals surface area contributed by atoms with E-state index < -0.39 is 5.60 Å². The van der Waals surface area contributed by atoms with Gasteiger partial charge in [-0.1, -0.05) is 19.9 Å². The molecule has 72 valence electrons. The molecule has 0 amide bonds. The van der Waals surface area contributed by atoms with Crippen molar-refractivity contribution >= 4 is 5.78 Å². The van der Waals surface area contributed by atoms with Gasteiger partial charge >= 0.3 is 0 Å². The van der Waals surface area contributed by atoms with Crippen LogP contribution in [0.15, 0.2) is 12.2 Å². The lowest BCUT2D eigenvalue weighted by molar-refractivity contribution is -0.155. The van der Waals surface area contributed by atoms with Gasteiger partial charge in [0.1, 0.15) is 5.60 Å². The van der Waals surface area contributed by atoms with Crippen LogP contribution in [0, 0.1) is 11.3 Å². The molecular weight excluding hydrogens is 164 g/mol. The maximum absolute atomic E-state index is 12.1. The number of hydrogen-bond acceptors (Lipinski definition) is 2. The van der Waals surface area contributed by atoms with Crippen LogP contribution in [0.4, 0.5) is 0 Å². The Kier molecular flexibility index (Phi) is 1.68. The van der Waals surface area contributed by atoms with Gasteiger partial charge in [-0.05, 0) is 24.8 Å². The average molecular weight is 180 g/mol. The number of fused-ring (bicyclic) bond motifs is 2. The minimum Gasteiger partial charge on any atom is -0.366 e. The molecule has 3 aliphatic rings. The van der Waals surface area contributed by atoms with Crippen LogP contribution >= 0.6 is 0 Å². The molecular formula is C11H16O2. The maximum Gasteiger partial charge on any atom is 0.174 e. The predicted molar refractivity (Wildman–Crippen MR) is 50.4 cm³/mol. The number of Topliss-reactive ketones (excluding diaryl/α,β-unsaturated/α-hetero) is 1. The van der Waals surface area contributed by atoms with Gasteiger partial charge in [0.05, 0.1) is 0 Å². The van der Waals surface area contributed by atoms with E-state index in [1.165, 1.54) is 0 Å². The van der Waals surface area contributed by atoms with Crippen molar-refractivity contribution in [3.63, 3.8) is 0 Å². The summed E-state index contributed by atoms with van der Waals surface area (Å²) in [5.74, 6) is 0.665. The molecule has 0 saturated heterocycles. The van der Waals surface area contributed by atoms with Crippen molar-refractivity contribution in [2.75, 3.05) is 7.11 Å². The van der Waals surface area contributed by atoms with Crippen molar-refractivity contribution in [2.45, 2.75) is 32.3 Å². The lowest BCUT2D eigenvalue weighted by Gasteiger charge is -2.48. The molecule has 0 aromatic carbocycles. The van der Waals surface area contributed by atoms with Crippen molar-refractivity contribution in [3.8, 4) is 0 Å². The highest BCUT2D eigenvalue weighted by Gasteiger charge is 2.54. The van der Waals surface area contributed by atoms with Crippen molar-refractivity contribution in [1.82, 2.24) is 0 Å². The van der Waals surface area contributed by atoms with E-state index in [1.807, 2.05) is 19.9 Å². The van der Waals surface area contributed by atoms with Gasteiger partial charge in [0, 0.05) is 12.5 Å². The molecule has 0 N–H and O–H groups in total. The lowest BCUT2D eigenvalue weighted by atomic mass is 9.58. The van der Waals surface area contributed by atoms with Crippen molar-refractivity contribution in [2.24, 2.45) is 11.3 Å². The van der Waals surface area contributed by atoms with Crippen molar-refractivity contribution in [1.29, 1.82) is 0 Å². The van der Waals surface area contributed by atoms with E-state index in [0.29, 0.717) is 5.92 Å². The Morgan fingerprint density at radius 3 is 2.62 bits per heavy atom. The largest absolute Gasteiger partial charge is 0.366 e. The number of carbonyl (C=O) groups is 1. The molecule has 3 aliphatic carbocycles. The minimum absolute atomic E-state index is 0.233. The number of ketones is 1. The first-order chi connectivity index (χ1) is 6.03. The molecule has 1 fully saturated rings. The van der Waals surface area contributed by atoms with Crippen LogP contribution in [0.5, 0.6) is 0 Å². The smallest absolute Gasteiger partial charge is 0.174 e.